The lowest BCUT2D eigenvalue weighted by molar-refractivity contribution is 0.0766. The number of nitrogen functional groups attached to an aromatic ring is 1. The molecule has 0 atom stereocenters. The molecule has 1 heterocycles. The molecule has 7 nitrogen and oxygen atoms in total. The maximum atomic E-state index is 13.6. The van der Waals surface area contributed by atoms with Crippen molar-refractivity contribution in [2.75, 3.05) is 25.3 Å². The first-order valence-electron chi connectivity index (χ1n) is 12.7. The zero-order chi connectivity index (χ0) is 27.7. The van der Waals surface area contributed by atoms with Gasteiger partial charge in [-0.2, -0.15) is 0 Å². The molecule has 4 aromatic carbocycles. The van der Waals surface area contributed by atoms with Crippen LogP contribution < -0.4 is 20.5 Å². The van der Waals surface area contributed by atoms with Crippen LogP contribution in [0.4, 0.5) is 11.4 Å². The van der Waals surface area contributed by atoms with Crippen LogP contribution in [0.25, 0.3) is 11.1 Å². The lowest BCUT2D eigenvalue weighted by Gasteiger charge is -2.18. The molecule has 1 aliphatic rings. The molecule has 0 bridgehead atoms. The van der Waals surface area contributed by atoms with Gasteiger partial charge in [-0.15, -0.1) is 0 Å². The number of fused-ring (bicyclic) bond motifs is 1. The Morgan fingerprint density at radius 1 is 0.949 bits per heavy atom. The summed E-state index contributed by atoms with van der Waals surface area (Å²) >= 11 is 0. The molecule has 1 aliphatic heterocycles. The quantitative estimate of drug-likeness (QED) is 0.292. The number of methoxy groups -OCH3 is 2. The topological polar surface area (TPSA) is 93.9 Å². The van der Waals surface area contributed by atoms with Crippen molar-refractivity contribution in [3.63, 3.8) is 0 Å². The molecule has 0 fully saturated rings. The number of amides is 2. The molecule has 0 radical (unpaired) electrons. The van der Waals surface area contributed by atoms with Crippen LogP contribution in [0.15, 0.2) is 72.8 Å². The van der Waals surface area contributed by atoms with Gasteiger partial charge in [-0.05, 0) is 60.9 Å². The smallest absolute Gasteiger partial charge is 0.255 e. The Kier molecular flexibility index (Phi) is 6.98. The second-order valence-corrected chi connectivity index (χ2v) is 9.79. The van der Waals surface area contributed by atoms with Gasteiger partial charge in [0, 0.05) is 29.8 Å². The highest BCUT2D eigenvalue weighted by Crippen LogP contribution is 2.46. The van der Waals surface area contributed by atoms with E-state index in [9.17, 15) is 9.59 Å². The van der Waals surface area contributed by atoms with Gasteiger partial charge in [-0.25, -0.2) is 0 Å². The van der Waals surface area contributed by atoms with Crippen molar-refractivity contribution >= 4 is 23.2 Å². The van der Waals surface area contributed by atoms with Crippen LogP contribution in [0.3, 0.4) is 0 Å². The number of benzene rings is 4. The summed E-state index contributed by atoms with van der Waals surface area (Å²) in [6.45, 7) is 4.95. The molecule has 0 saturated heterocycles. The first kappa shape index (κ1) is 25.9. The number of anilines is 2. The molecule has 39 heavy (non-hydrogen) atoms. The number of hydrogen-bond acceptors (Lipinski definition) is 5. The fraction of sp³-hybridized carbons (Fsp3) is 0.188. The SMILES string of the molecule is COc1cc2c(c(-c3cc(C)cc(C)c3)c1OC)CN(Cc1ccc(C(=O)Nc3ccccc3N)cc1)C2=O. The Morgan fingerprint density at radius 3 is 2.28 bits per heavy atom. The summed E-state index contributed by atoms with van der Waals surface area (Å²) < 4.78 is 11.4. The van der Waals surface area contributed by atoms with Crippen LogP contribution in [0.5, 0.6) is 11.5 Å². The van der Waals surface area contributed by atoms with Crippen LogP contribution in [0.1, 0.15) is 43.0 Å². The van der Waals surface area contributed by atoms with Gasteiger partial charge in [0.15, 0.2) is 11.5 Å². The predicted octanol–water partition coefficient (Wildman–Crippen LogP) is 5.98. The third kappa shape index (κ3) is 5.03. The minimum absolute atomic E-state index is 0.0713. The average molecular weight is 522 g/mol. The third-order valence-corrected chi connectivity index (χ3v) is 6.95. The van der Waals surface area contributed by atoms with Crippen molar-refractivity contribution in [2.45, 2.75) is 26.9 Å². The zero-order valence-corrected chi connectivity index (χ0v) is 22.5. The number of carbonyl (C=O) groups is 2. The van der Waals surface area contributed by atoms with Gasteiger partial charge in [-0.3, -0.25) is 9.59 Å². The summed E-state index contributed by atoms with van der Waals surface area (Å²) in [6.07, 6.45) is 0. The van der Waals surface area contributed by atoms with Gasteiger partial charge in [-0.1, -0.05) is 53.6 Å². The van der Waals surface area contributed by atoms with E-state index in [1.54, 1.807) is 49.5 Å². The number of para-hydroxylation sites is 2. The lowest BCUT2D eigenvalue weighted by Crippen LogP contribution is -2.23. The highest BCUT2D eigenvalue weighted by atomic mass is 16.5. The van der Waals surface area contributed by atoms with Gasteiger partial charge in [0.05, 0.1) is 25.6 Å². The number of hydrogen-bond donors (Lipinski definition) is 2. The van der Waals surface area contributed by atoms with Gasteiger partial charge >= 0.3 is 0 Å². The van der Waals surface area contributed by atoms with Gasteiger partial charge in [0.2, 0.25) is 0 Å². The van der Waals surface area contributed by atoms with E-state index in [0.29, 0.717) is 47.1 Å². The number of aryl methyl sites for hydroxylation is 2. The number of nitrogens with one attached hydrogen (secondary N) is 1. The molecule has 5 rings (SSSR count). The van der Waals surface area contributed by atoms with Crippen molar-refractivity contribution in [1.82, 2.24) is 4.90 Å². The molecule has 4 aromatic rings. The van der Waals surface area contributed by atoms with Gasteiger partial charge < -0.3 is 25.4 Å². The van der Waals surface area contributed by atoms with Crippen LogP contribution in [0.2, 0.25) is 0 Å². The van der Waals surface area contributed by atoms with Crippen LogP contribution >= 0.6 is 0 Å². The highest BCUT2D eigenvalue weighted by Gasteiger charge is 2.33. The van der Waals surface area contributed by atoms with Gasteiger partial charge in [0.25, 0.3) is 11.8 Å². The summed E-state index contributed by atoms with van der Waals surface area (Å²) in [5.74, 6) is 0.819. The maximum absolute atomic E-state index is 13.6. The second-order valence-electron chi connectivity index (χ2n) is 9.79. The summed E-state index contributed by atoms with van der Waals surface area (Å²) in [7, 11) is 3.20. The van der Waals surface area contributed by atoms with Crippen molar-refractivity contribution in [1.29, 1.82) is 0 Å². The van der Waals surface area contributed by atoms with E-state index < -0.39 is 0 Å². The summed E-state index contributed by atoms with van der Waals surface area (Å²) in [6, 6.07) is 22.5. The molecular formula is C32H31N3O4. The Bertz CT molecular complexity index is 1560. The van der Waals surface area contributed by atoms with Crippen molar-refractivity contribution in [3.8, 4) is 22.6 Å². The van der Waals surface area contributed by atoms with E-state index in [-0.39, 0.29) is 11.8 Å². The van der Waals surface area contributed by atoms with E-state index in [4.69, 9.17) is 15.2 Å². The molecule has 0 aromatic heterocycles. The minimum atomic E-state index is -0.249. The Hall–Kier alpha value is -4.78. The molecule has 2 amide bonds. The fourth-order valence-electron chi connectivity index (χ4n) is 5.16. The van der Waals surface area contributed by atoms with Crippen LogP contribution in [-0.4, -0.2) is 30.9 Å². The van der Waals surface area contributed by atoms with E-state index in [1.807, 2.05) is 24.3 Å². The van der Waals surface area contributed by atoms with E-state index in [2.05, 4.69) is 37.4 Å². The first-order chi connectivity index (χ1) is 18.8. The summed E-state index contributed by atoms with van der Waals surface area (Å²) in [5.41, 5.74) is 14.1. The molecular weight excluding hydrogens is 490 g/mol. The molecule has 0 unspecified atom stereocenters. The van der Waals surface area contributed by atoms with E-state index in [0.717, 1.165) is 33.4 Å². The zero-order valence-electron chi connectivity index (χ0n) is 22.5. The largest absolute Gasteiger partial charge is 0.493 e. The first-order valence-corrected chi connectivity index (χ1v) is 12.7. The monoisotopic (exact) mass is 521 g/mol. The van der Waals surface area contributed by atoms with E-state index in [1.165, 1.54) is 0 Å². The average Bonchev–Trinajstić information content (AvgIpc) is 3.22. The molecule has 3 N–H and O–H groups in total. The van der Waals surface area contributed by atoms with Crippen LogP contribution in [0, 0.1) is 13.8 Å². The second kappa shape index (κ2) is 10.5. The molecule has 0 spiro atoms. The predicted molar refractivity (Wildman–Crippen MR) is 153 cm³/mol. The molecule has 0 aliphatic carbocycles. The number of nitrogens with zero attached hydrogens (tertiary/aromatic N) is 1. The van der Waals surface area contributed by atoms with Crippen molar-refractivity contribution in [2.24, 2.45) is 0 Å². The van der Waals surface area contributed by atoms with Crippen molar-refractivity contribution in [3.05, 3.63) is 106 Å². The Labute approximate surface area is 228 Å². The number of nitrogens with two attached hydrogens (primary N) is 1. The molecule has 198 valence electrons. The normalized spacial score (nSPS) is 12.3. The molecule has 0 saturated carbocycles. The summed E-state index contributed by atoms with van der Waals surface area (Å²) in [5, 5.41) is 2.84. The minimum Gasteiger partial charge on any atom is -0.493 e. The van der Waals surface area contributed by atoms with Gasteiger partial charge in [0.1, 0.15) is 0 Å². The van der Waals surface area contributed by atoms with Crippen molar-refractivity contribution < 1.29 is 19.1 Å². The fourth-order valence-corrected chi connectivity index (χ4v) is 5.16. The lowest BCUT2D eigenvalue weighted by atomic mass is 9.93. The maximum Gasteiger partial charge on any atom is 0.255 e. The van der Waals surface area contributed by atoms with Crippen LogP contribution in [-0.2, 0) is 13.1 Å². The highest BCUT2D eigenvalue weighted by molar-refractivity contribution is 6.06. The number of rotatable bonds is 7. The molecule has 7 heteroatoms. The Morgan fingerprint density at radius 2 is 1.64 bits per heavy atom. The Balaban J connectivity index is 1.41. The third-order valence-electron chi connectivity index (χ3n) is 6.95. The van der Waals surface area contributed by atoms with E-state index >= 15 is 0 Å². The number of carbonyl (C=O) groups excluding carboxylic acids is 2. The summed E-state index contributed by atoms with van der Waals surface area (Å²) in [4.78, 5) is 28.1. The number of ether oxygens (including phenoxy) is 2. The standard InChI is InChI=1S/C32H31N3O4/c1-19-13-20(2)15-23(14-19)29-25-18-35(32(37)24(25)16-28(38-3)30(29)39-4)17-21-9-11-22(12-10-21)31(36)34-27-8-6-5-7-26(27)33/h5-16H,17-18,33H2,1-4H3,(H,34,36).